The van der Waals surface area contributed by atoms with Crippen molar-refractivity contribution in [1.82, 2.24) is 13.7 Å². The van der Waals surface area contributed by atoms with E-state index in [1.165, 1.54) is 16.6 Å². The topological polar surface area (TPSA) is 86.2 Å². The molecule has 10 aromatic rings. The molecule has 12 rings (SSSR count). The van der Waals surface area contributed by atoms with E-state index in [1.807, 2.05) is 36.4 Å². The van der Waals surface area contributed by atoms with Gasteiger partial charge in [-0.15, -0.1) is 0 Å². The summed E-state index contributed by atoms with van der Waals surface area (Å²) in [6.45, 7) is 0. The monoisotopic (exact) mass is 806 g/mol. The van der Waals surface area contributed by atoms with E-state index in [2.05, 4.69) is 153 Å². The van der Waals surface area contributed by atoms with Crippen molar-refractivity contribution in [2.75, 3.05) is 0 Å². The van der Waals surface area contributed by atoms with E-state index in [9.17, 15) is 15.8 Å². The van der Waals surface area contributed by atoms with Gasteiger partial charge in [-0.2, -0.15) is 15.8 Å². The van der Waals surface area contributed by atoms with E-state index in [1.54, 1.807) is 0 Å². The number of nitrogens with zero attached hydrogens (tertiary/aromatic N) is 6. The first-order valence-electron chi connectivity index (χ1n) is 21.7. The third-order valence-corrected chi connectivity index (χ3v) is 13.4. The molecule has 3 aromatic heterocycles. The Morgan fingerprint density at radius 2 is 1.02 bits per heavy atom. The number of para-hydroxylation sites is 3. The lowest BCUT2D eigenvalue weighted by Crippen LogP contribution is -2.17. The molecule has 3 heterocycles. The van der Waals surface area contributed by atoms with Crippen LogP contribution in [0.1, 0.15) is 58.5 Å². The first-order chi connectivity index (χ1) is 31.2. The summed E-state index contributed by atoms with van der Waals surface area (Å²) in [5.74, 6) is 0. The van der Waals surface area contributed by atoms with Crippen LogP contribution in [0.4, 0.5) is 0 Å². The molecule has 0 amide bonds. The van der Waals surface area contributed by atoms with Crippen molar-refractivity contribution in [2.24, 2.45) is 0 Å². The molecule has 0 fully saturated rings. The Kier molecular flexibility index (Phi) is 8.33. The van der Waals surface area contributed by atoms with Gasteiger partial charge in [0.05, 0.1) is 50.8 Å². The quantitative estimate of drug-likeness (QED) is 0.174. The Balaban J connectivity index is 1.34. The number of aromatic nitrogens is 3. The van der Waals surface area contributed by atoms with Gasteiger partial charge in [0, 0.05) is 44.1 Å². The molecule has 0 N–H and O–H groups in total. The Labute approximate surface area is 364 Å². The number of hydrogen-bond acceptors (Lipinski definition) is 3. The second-order valence-corrected chi connectivity index (χ2v) is 16.7. The summed E-state index contributed by atoms with van der Waals surface area (Å²) in [6.07, 6.45) is 10.0. The lowest BCUT2D eigenvalue weighted by molar-refractivity contribution is 0.666. The van der Waals surface area contributed by atoms with Crippen LogP contribution in [0.15, 0.2) is 152 Å². The van der Waals surface area contributed by atoms with E-state index in [-0.39, 0.29) is 0 Å². The molecule has 6 nitrogen and oxygen atoms in total. The van der Waals surface area contributed by atoms with Gasteiger partial charge in [0.15, 0.2) is 0 Å². The van der Waals surface area contributed by atoms with Gasteiger partial charge in [0.1, 0.15) is 23.3 Å². The molecule has 296 valence electrons. The fourth-order valence-electron chi connectivity index (χ4n) is 10.8. The zero-order valence-electron chi connectivity index (χ0n) is 34.4. The number of fused-ring (bicyclic) bond motifs is 9. The molecule has 63 heavy (non-hydrogen) atoms. The largest absolute Gasteiger partial charge is 0.311 e. The Bertz CT molecular complexity index is 3700. The van der Waals surface area contributed by atoms with Crippen LogP contribution >= 0.6 is 0 Å². The lowest BCUT2D eigenvalue weighted by Gasteiger charge is -2.28. The third-order valence-electron chi connectivity index (χ3n) is 13.4. The normalized spacial score (nSPS) is 13.2. The van der Waals surface area contributed by atoms with Crippen molar-refractivity contribution in [3.8, 4) is 57.5 Å². The summed E-state index contributed by atoms with van der Waals surface area (Å²) in [5, 5.41) is 38.4. The van der Waals surface area contributed by atoms with Gasteiger partial charge in [-0.05, 0) is 103 Å². The van der Waals surface area contributed by atoms with Gasteiger partial charge in [-0.1, -0.05) is 115 Å². The maximum absolute atomic E-state index is 12.0. The summed E-state index contributed by atoms with van der Waals surface area (Å²) in [4.78, 5) is 0. The molecule has 0 unspecified atom stereocenters. The van der Waals surface area contributed by atoms with Gasteiger partial charge in [0.2, 0.25) is 0 Å². The van der Waals surface area contributed by atoms with Crippen LogP contribution in [0, 0.1) is 34.0 Å². The molecule has 2 aliphatic carbocycles. The minimum absolute atomic E-state index is 0.410. The summed E-state index contributed by atoms with van der Waals surface area (Å²) in [7, 11) is 0. The minimum atomic E-state index is 0.410. The van der Waals surface area contributed by atoms with Crippen molar-refractivity contribution in [3.05, 3.63) is 191 Å². The molecule has 7 aromatic carbocycles. The van der Waals surface area contributed by atoms with Gasteiger partial charge in [-0.25, -0.2) is 0 Å². The molecule has 0 atom stereocenters. The predicted octanol–water partition coefficient (Wildman–Crippen LogP) is 13.5. The highest BCUT2D eigenvalue weighted by Crippen LogP contribution is 2.49. The Morgan fingerprint density at radius 3 is 1.73 bits per heavy atom. The molecule has 0 spiro atoms. The fourth-order valence-corrected chi connectivity index (χ4v) is 10.8. The van der Waals surface area contributed by atoms with Crippen LogP contribution in [-0.4, -0.2) is 13.7 Å². The van der Waals surface area contributed by atoms with Crippen LogP contribution in [-0.2, 0) is 19.3 Å². The first kappa shape index (κ1) is 36.5. The molecular formula is C57H38N6. The molecule has 0 saturated carbocycles. The Morgan fingerprint density at radius 1 is 0.429 bits per heavy atom. The maximum atomic E-state index is 12.0. The highest BCUT2D eigenvalue weighted by Gasteiger charge is 2.34. The third kappa shape index (κ3) is 5.34. The van der Waals surface area contributed by atoms with Crippen molar-refractivity contribution in [2.45, 2.75) is 38.5 Å². The van der Waals surface area contributed by atoms with Gasteiger partial charge in [0.25, 0.3) is 0 Å². The maximum Gasteiger partial charge on any atom is 0.104 e. The number of hydrogen-bond donors (Lipinski definition) is 0. The zero-order chi connectivity index (χ0) is 42.2. The van der Waals surface area contributed by atoms with Crippen LogP contribution in [0.5, 0.6) is 0 Å². The second kappa shape index (κ2) is 14.4. The van der Waals surface area contributed by atoms with Crippen LogP contribution < -0.4 is 0 Å². The first-order valence-corrected chi connectivity index (χ1v) is 21.7. The van der Waals surface area contributed by atoms with Crippen molar-refractivity contribution in [1.29, 1.82) is 15.8 Å². The number of rotatable bonds is 5. The van der Waals surface area contributed by atoms with Crippen molar-refractivity contribution in [3.63, 3.8) is 0 Å². The predicted molar refractivity (Wildman–Crippen MR) is 253 cm³/mol. The van der Waals surface area contributed by atoms with E-state index in [4.69, 9.17) is 0 Å². The minimum Gasteiger partial charge on any atom is -0.311 e. The van der Waals surface area contributed by atoms with Gasteiger partial charge < -0.3 is 13.7 Å². The number of nitriles is 3. The molecule has 2 aliphatic rings. The zero-order valence-corrected chi connectivity index (χ0v) is 34.4. The van der Waals surface area contributed by atoms with Gasteiger partial charge >= 0.3 is 0 Å². The van der Waals surface area contributed by atoms with Crippen LogP contribution in [0.25, 0.3) is 89.0 Å². The molecule has 0 aliphatic heterocycles. The SMILES string of the molecule is N#Cc1ccc(-c2c(-n3c4c(c5ccccc53)C=CCC4)c(C#N)c(-n3c4ccccc4c4cc(-c5ccccc5)ccc43)c(C#N)c2-n2c3c(c4ccccc42)CCCC3)cc1. The van der Waals surface area contributed by atoms with Crippen molar-refractivity contribution >= 4 is 49.7 Å². The number of benzene rings is 7. The van der Waals surface area contributed by atoms with Crippen LogP contribution in [0.3, 0.4) is 0 Å². The number of aryl methyl sites for hydroxylation is 1. The summed E-state index contributed by atoms with van der Waals surface area (Å²) >= 11 is 0. The van der Waals surface area contributed by atoms with E-state index < -0.39 is 0 Å². The lowest BCUT2D eigenvalue weighted by atomic mass is 9.90. The highest BCUT2D eigenvalue weighted by atomic mass is 15.1. The molecule has 0 radical (unpaired) electrons. The molecule has 6 heteroatoms. The molecule has 0 saturated heterocycles. The smallest absolute Gasteiger partial charge is 0.104 e. The average molecular weight is 807 g/mol. The highest BCUT2D eigenvalue weighted by molar-refractivity contribution is 6.12. The van der Waals surface area contributed by atoms with Gasteiger partial charge in [-0.3, -0.25) is 0 Å². The summed E-state index contributed by atoms with van der Waals surface area (Å²) < 4.78 is 6.87. The Hall–Kier alpha value is -8.37. The van der Waals surface area contributed by atoms with E-state index in [0.29, 0.717) is 22.4 Å². The average Bonchev–Trinajstić information content (AvgIpc) is 3.99. The van der Waals surface area contributed by atoms with E-state index >= 15 is 0 Å². The molecule has 0 bridgehead atoms. The van der Waals surface area contributed by atoms with Crippen molar-refractivity contribution < 1.29 is 0 Å². The van der Waals surface area contributed by atoms with Crippen LogP contribution in [0.2, 0.25) is 0 Å². The second-order valence-electron chi connectivity index (χ2n) is 16.7. The standard InChI is InChI=1S/C57H38N6/c58-33-36-26-28-38(29-27-36)54-56(62-48-21-9-4-16-40(48)41-17-5-10-22-49(41)62)46(34-59)55(47(35-60)57(54)63-50-23-11-6-18-42(50)43-19-7-12-24-51(43)63)61-52-25-13-8-20-44(52)45-32-39(30-31-53(45)61)37-14-2-1-3-15-37/h1-6,8-9,11,13-18,20-21,23,25-32H,7,10,12,19,22,24H2. The summed E-state index contributed by atoms with van der Waals surface area (Å²) in [5.41, 5.74) is 15.9. The summed E-state index contributed by atoms with van der Waals surface area (Å²) in [6, 6.07) is 57.9. The molecular weight excluding hydrogens is 769 g/mol. The fraction of sp³-hybridized carbons (Fsp3) is 0.105. The van der Waals surface area contributed by atoms with E-state index in [0.717, 1.165) is 122 Å². The number of allylic oxidation sites excluding steroid dienone is 1.